The Morgan fingerprint density at radius 1 is 0.810 bits per heavy atom. The molecule has 0 amide bonds. The Labute approximate surface area is 344 Å². The molecule has 5 aliphatic carbocycles. The third kappa shape index (κ3) is 6.93. The summed E-state index contributed by atoms with van der Waals surface area (Å²) in [5.74, 6) is -0.847. The zero-order valence-electron chi connectivity index (χ0n) is 36.0. The highest BCUT2D eigenvalue weighted by Crippen LogP contribution is 2.76. The fraction of sp³-hybridized carbons (Fsp3) is 0.911. The molecule has 2 heterocycles. The van der Waals surface area contributed by atoms with Crippen LogP contribution in [0.4, 0.5) is 0 Å². The van der Waals surface area contributed by atoms with Gasteiger partial charge < -0.3 is 54.3 Å². The minimum atomic E-state index is -1.75. The van der Waals surface area contributed by atoms with E-state index in [1.807, 2.05) is 6.92 Å². The van der Waals surface area contributed by atoms with Crippen LogP contribution >= 0.6 is 0 Å². The summed E-state index contributed by atoms with van der Waals surface area (Å²) in [7, 11) is 0. The summed E-state index contributed by atoms with van der Waals surface area (Å²) in [6.07, 6.45) is -2.01. The molecule has 6 fully saturated rings. The van der Waals surface area contributed by atoms with E-state index in [0.29, 0.717) is 25.2 Å². The first-order chi connectivity index (χ1) is 27.1. The van der Waals surface area contributed by atoms with E-state index in [1.54, 1.807) is 0 Å². The molecule has 7 rings (SSSR count). The SMILES string of the molecule is CCCCOC(=O)[C@H]1O[C@@H](O[C@H]2CC[C@]3(C)[C@H]4CC=C5[C@@H]6CC(C)(C)CC[C@]6(C(=O)O)CC[C@@]5(C)[C@]4(C)CC[C@H]3C2(C)C)[C@H](O[C@@H]2OC[C@H](O)[C@H](O)[C@H]2O)[C@@H](O)[C@@H]1O. The van der Waals surface area contributed by atoms with E-state index in [0.717, 1.165) is 57.8 Å². The largest absolute Gasteiger partial charge is 0.481 e. The summed E-state index contributed by atoms with van der Waals surface area (Å²) in [6, 6.07) is 0. The van der Waals surface area contributed by atoms with E-state index in [-0.39, 0.29) is 46.7 Å². The average molecular weight is 821 g/mol. The van der Waals surface area contributed by atoms with Crippen molar-refractivity contribution >= 4 is 11.9 Å². The van der Waals surface area contributed by atoms with E-state index in [4.69, 9.17) is 23.7 Å². The number of allylic oxidation sites excluding steroid dienone is 2. The second-order valence-corrected chi connectivity index (χ2v) is 21.4. The van der Waals surface area contributed by atoms with Gasteiger partial charge in [-0.3, -0.25) is 4.79 Å². The number of carbonyl (C=O) groups excluding carboxylic acids is 1. The normalized spacial score (nSPS) is 49.6. The van der Waals surface area contributed by atoms with Gasteiger partial charge in [0.15, 0.2) is 18.7 Å². The van der Waals surface area contributed by atoms with Gasteiger partial charge in [0.25, 0.3) is 0 Å². The minimum Gasteiger partial charge on any atom is -0.481 e. The van der Waals surface area contributed by atoms with Crippen molar-refractivity contribution in [3.63, 3.8) is 0 Å². The number of hydrogen-bond acceptors (Lipinski definition) is 12. The number of unbranched alkanes of at least 4 members (excludes halogenated alkanes) is 1. The van der Waals surface area contributed by atoms with Gasteiger partial charge in [-0.1, -0.05) is 73.5 Å². The standard InChI is InChI=1S/C45H72O13/c1-9-10-21-54-36(51)34-31(48)32(49)35(58-37-33(50)30(47)26(46)23-55-37)38(57-34)56-29-14-15-42(6)27(41(29,4)5)13-16-44(8)28(42)12-11-24-25-22-40(2,3)17-19-45(25,39(52)53)20-18-43(24,44)7/h11,25-35,37-38,46-50H,9-10,12-23H2,1-8H3,(H,52,53)/t25-,26-,27-,28+,29-,30-,31-,32-,33+,34-,35+,37-,38+,42-,43+,44+,45-/m0/s1. The predicted octanol–water partition coefficient (Wildman–Crippen LogP) is 4.87. The highest BCUT2D eigenvalue weighted by atomic mass is 16.8. The summed E-state index contributed by atoms with van der Waals surface area (Å²) in [4.78, 5) is 26.3. The molecule has 13 heteroatoms. The number of carboxylic acids is 1. The predicted molar refractivity (Wildman–Crippen MR) is 211 cm³/mol. The van der Waals surface area contributed by atoms with Crippen LogP contribution in [0.5, 0.6) is 0 Å². The van der Waals surface area contributed by atoms with Crippen molar-refractivity contribution in [2.75, 3.05) is 13.2 Å². The molecule has 0 aromatic rings. The van der Waals surface area contributed by atoms with Crippen LogP contribution in [0, 0.1) is 50.2 Å². The first-order valence-corrected chi connectivity index (χ1v) is 22.2. The van der Waals surface area contributed by atoms with E-state index in [1.165, 1.54) is 5.57 Å². The highest BCUT2D eigenvalue weighted by molar-refractivity contribution is 5.77. The molecule has 0 spiro atoms. The Kier molecular flexibility index (Phi) is 11.9. The molecule has 7 aliphatic rings. The maximum absolute atomic E-state index is 13.2. The van der Waals surface area contributed by atoms with Gasteiger partial charge in [0.05, 0.1) is 24.7 Å². The van der Waals surface area contributed by atoms with Crippen LogP contribution in [-0.2, 0) is 33.3 Å². The van der Waals surface area contributed by atoms with Gasteiger partial charge in [-0.2, -0.15) is 0 Å². The molecule has 17 atom stereocenters. The number of rotatable bonds is 9. The lowest BCUT2D eigenvalue weighted by molar-refractivity contribution is -0.366. The van der Waals surface area contributed by atoms with Crippen LogP contribution in [0.2, 0.25) is 0 Å². The van der Waals surface area contributed by atoms with Gasteiger partial charge in [-0.15, -0.1) is 0 Å². The Bertz CT molecular complexity index is 1580. The van der Waals surface area contributed by atoms with Crippen LogP contribution in [-0.4, -0.2) is 117 Å². The molecule has 330 valence electrons. The van der Waals surface area contributed by atoms with E-state index in [9.17, 15) is 40.2 Å². The van der Waals surface area contributed by atoms with Crippen LogP contribution in [0.3, 0.4) is 0 Å². The van der Waals surface area contributed by atoms with Crippen LogP contribution in [0.15, 0.2) is 11.6 Å². The zero-order chi connectivity index (χ0) is 42.4. The lowest BCUT2D eigenvalue weighted by atomic mass is 9.33. The fourth-order valence-corrected chi connectivity index (χ4v) is 13.7. The van der Waals surface area contributed by atoms with Gasteiger partial charge in [0, 0.05) is 0 Å². The molecule has 6 N–H and O–H groups in total. The van der Waals surface area contributed by atoms with Crippen molar-refractivity contribution in [3.05, 3.63) is 11.6 Å². The molecule has 0 aromatic heterocycles. The quantitative estimate of drug-likeness (QED) is 0.0797. The zero-order valence-corrected chi connectivity index (χ0v) is 36.0. The smallest absolute Gasteiger partial charge is 0.338 e. The lowest BCUT2D eigenvalue weighted by Gasteiger charge is -2.71. The number of esters is 1. The van der Waals surface area contributed by atoms with Gasteiger partial charge in [-0.25, -0.2) is 4.79 Å². The van der Waals surface area contributed by atoms with Crippen LogP contribution < -0.4 is 0 Å². The van der Waals surface area contributed by atoms with Crippen molar-refractivity contribution in [1.29, 1.82) is 0 Å². The number of aliphatic hydroxyl groups excluding tert-OH is 5. The fourth-order valence-electron chi connectivity index (χ4n) is 13.7. The second-order valence-electron chi connectivity index (χ2n) is 21.4. The van der Waals surface area contributed by atoms with Crippen molar-refractivity contribution in [1.82, 2.24) is 0 Å². The summed E-state index contributed by atoms with van der Waals surface area (Å²) in [6.45, 7) is 18.1. The van der Waals surface area contributed by atoms with Crippen molar-refractivity contribution < 1.29 is 63.9 Å². The molecule has 4 saturated carbocycles. The van der Waals surface area contributed by atoms with E-state index >= 15 is 0 Å². The first kappa shape index (κ1) is 44.4. The molecule has 0 bridgehead atoms. The number of carbonyl (C=O) groups is 2. The third-order valence-corrected chi connectivity index (χ3v) is 17.6. The van der Waals surface area contributed by atoms with E-state index < -0.39 is 84.2 Å². The molecule has 0 aromatic carbocycles. The number of fused-ring (bicyclic) bond motifs is 7. The topological polar surface area (TPSA) is 202 Å². The third-order valence-electron chi connectivity index (χ3n) is 17.6. The number of hydrogen-bond donors (Lipinski definition) is 6. The molecule has 58 heavy (non-hydrogen) atoms. The lowest BCUT2D eigenvalue weighted by Crippen LogP contribution is -2.67. The number of aliphatic hydroxyl groups is 5. The van der Waals surface area contributed by atoms with Crippen molar-refractivity contribution in [3.8, 4) is 0 Å². The summed E-state index contributed by atoms with van der Waals surface area (Å²) in [5.41, 5.74) is 0.142. The van der Waals surface area contributed by atoms with Crippen LogP contribution in [0.1, 0.15) is 132 Å². The van der Waals surface area contributed by atoms with E-state index in [2.05, 4.69) is 54.5 Å². The van der Waals surface area contributed by atoms with Gasteiger partial charge in [-0.05, 0) is 115 Å². The number of carboxylic acid groups (broad SMARTS) is 1. The second kappa shape index (κ2) is 15.6. The maximum Gasteiger partial charge on any atom is 0.338 e. The number of aliphatic carboxylic acids is 1. The first-order valence-electron chi connectivity index (χ1n) is 22.2. The molecule has 0 radical (unpaired) electrons. The van der Waals surface area contributed by atoms with Crippen molar-refractivity contribution in [2.45, 2.75) is 194 Å². The Morgan fingerprint density at radius 3 is 2.21 bits per heavy atom. The summed E-state index contributed by atoms with van der Waals surface area (Å²) in [5, 5.41) is 64.6. The van der Waals surface area contributed by atoms with Gasteiger partial charge in [0.2, 0.25) is 0 Å². The molecule has 13 nitrogen and oxygen atoms in total. The minimum absolute atomic E-state index is 0.0334. The number of ether oxygens (including phenoxy) is 5. The molecular weight excluding hydrogens is 748 g/mol. The molecule has 2 aliphatic heterocycles. The molecule has 2 saturated heterocycles. The van der Waals surface area contributed by atoms with Gasteiger partial charge in [0.1, 0.15) is 36.6 Å². The Hall–Kier alpha value is -1.68. The Morgan fingerprint density at radius 2 is 1.52 bits per heavy atom. The van der Waals surface area contributed by atoms with Gasteiger partial charge >= 0.3 is 11.9 Å². The summed E-state index contributed by atoms with van der Waals surface area (Å²) < 4.78 is 30.0. The monoisotopic (exact) mass is 820 g/mol. The Balaban J connectivity index is 1.15. The maximum atomic E-state index is 13.2. The summed E-state index contributed by atoms with van der Waals surface area (Å²) >= 11 is 0. The average Bonchev–Trinajstić information content (AvgIpc) is 3.15. The van der Waals surface area contributed by atoms with Crippen LogP contribution in [0.25, 0.3) is 0 Å². The molecule has 0 unspecified atom stereocenters. The molecular formula is C45H72O13. The highest BCUT2D eigenvalue weighted by Gasteiger charge is 2.70. The van der Waals surface area contributed by atoms with Crippen molar-refractivity contribution in [2.24, 2.45) is 50.2 Å².